The first-order valence-corrected chi connectivity index (χ1v) is 22.7. The van der Waals surface area contributed by atoms with Crippen molar-refractivity contribution in [2.45, 2.75) is 69.4 Å². The van der Waals surface area contributed by atoms with Crippen LogP contribution in [0, 0.1) is 5.92 Å². The van der Waals surface area contributed by atoms with Crippen LogP contribution >= 0.6 is 0 Å². The quantitative estimate of drug-likeness (QED) is 0.106. The fraction of sp³-hybridized carbons (Fsp3) is 0.478. The first kappa shape index (κ1) is 47.8. The number of amides is 6. The monoisotopic (exact) mass is 922 g/mol. The number of nitrogens with two attached hydrogens (primary N) is 1. The van der Waals surface area contributed by atoms with E-state index in [1.54, 1.807) is 23.4 Å². The number of carboxylic acids is 2. The summed E-state index contributed by atoms with van der Waals surface area (Å²) in [7, 11) is 1.84. The number of piperidine rings is 4. The number of likely N-dealkylation sites (N-methyl/N-ethyl adjacent to an activating group) is 1. The summed E-state index contributed by atoms with van der Waals surface area (Å²) in [6, 6.07) is 11.4. The molecule has 0 saturated carbocycles. The summed E-state index contributed by atoms with van der Waals surface area (Å²) in [5.41, 5.74) is 9.13. The molecule has 0 spiro atoms. The van der Waals surface area contributed by atoms with Crippen molar-refractivity contribution in [3.63, 3.8) is 0 Å². The lowest BCUT2D eigenvalue weighted by Crippen LogP contribution is -2.52. The molecule has 5 fully saturated rings. The van der Waals surface area contributed by atoms with Gasteiger partial charge in [0.15, 0.2) is 11.5 Å². The third-order valence-electron chi connectivity index (χ3n) is 13.0. The van der Waals surface area contributed by atoms with E-state index < -0.39 is 35.7 Å². The number of hydrogen-bond donors (Lipinski definition) is 6. The van der Waals surface area contributed by atoms with Crippen molar-refractivity contribution in [3.8, 4) is 0 Å². The van der Waals surface area contributed by atoms with Crippen molar-refractivity contribution in [1.29, 1.82) is 0 Å². The topological polar surface area (TPSA) is 277 Å². The fourth-order valence-corrected chi connectivity index (χ4v) is 9.30. The predicted octanol–water partition coefficient (Wildman–Crippen LogP) is 2.39. The average Bonchev–Trinajstić information content (AvgIpc) is 3.66. The SMILES string of the molecule is CN1CCN([C@@H]2CCCN(c3cnc(C(N)=O)c(Nc4ccc(C5CCN(CC6CCN(c7ccc(C(=O)N[C@H]8CCC(=O)NC8=O)nc7)CC6)CC5)cc4)n3)C2)C1=O.O=C(O)/C=C/C(=O)O. The van der Waals surface area contributed by atoms with Crippen LogP contribution in [0.1, 0.15) is 83.8 Å². The van der Waals surface area contributed by atoms with Gasteiger partial charge in [-0.2, -0.15) is 0 Å². The largest absolute Gasteiger partial charge is 0.478 e. The number of benzene rings is 1. The van der Waals surface area contributed by atoms with E-state index in [-0.39, 0.29) is 42.2 Å². The second-order valence-electron chi connectivity index (χ2n) is 17.6. The molecule has 6 amide bonds. The lowest BCUT2D eigenvalue weighted by atomic mass is 9.88. The van der Waals surface area contributed by atoms with Crippen molar-refractivity contribution in [2.24, 2.45) is 11.7 Å². The van der Waals surface area contributed by atoms with E-state index in [2.05, 4.69) is 52.8 Å². The van der Waals surface area contributed by atoms with Crippen LogP contribution in [-0.2, 0) is 19.2 Å². The summed E-state index contributed by atoms with van der Waals surface area (Å²) in [4.78, 5) is 105. The normalized spacial score (nSPS) is 20.9. The Balaban J connectivity index is 0.000000764. The van der Waals surface area contributed by atoms with Gasteiger partial charge in [0.2, 0.25) is 11.8 Å². The Bertz CT molecular complexity index is 2310. The van der Waals surface area contributed by atoms with Gasteiger partial charge in [-0.05, 0) is 99.7 Å². The minimum atomic E-state index is -1.26. The molecule has 0 bridgehead atoms. The minimum absolute atomic E-state index is 0.0673. The van der Waals surface area contributed by atoms with Crippen LogP contribution in [0.2, 0.25) is 0 Å². The number of imide groups is 1. The molecule has 5 aliphatic rings. The number of aromatic nitrogens is 3. The number of rotatable bonds is 13. The Morgan fingerprint density at radius 3 is 2.15 bits per heavy atom. The van der Waals surface area contributed by atoms with Crippen LogP contribution in [0.15, 0.2) is 60.9 Å². The molecular weight excluding hydrogens is 865 g/mol. The van der Waals surface area contributed by atoms with Crippen molar-refractivity contribution in [3.05, 3.63) is 77.9 Å². The maximum absolute atomic E-state index is 12.7. The maximum atomic E-state index is 12.7. The molecule has 0 aliphatic carbocycles. The highest BCUT2D eigenvalue weighted by atomic mass is 16.4. The van der Waals surface area contributed by atoms with Gasteiger partial charge < -0.3 is 51.1 Å². The number of pyridine rings is 1. The Morgan fingerprint density at radius 1 is 0.821 bits per heavy atom. The molecule has 21 heteroatoms. The minimum Gasteiger partial charge on any atom is -0.478 e. The van der Waals surface area contributed by atoms with Crippen molar-refractivity contribution < 1.29 is 43.8 Å². The van der Waals surface area contributed by atoms with E-state index in [1.807, 2.05) is 30.1 Å². The maximum Gasteiger partial charge on any atom is 0.328 e. The number of likely N-dealkylation sites (tertiary alicyclic amines) is 1. The molecule has 2 aromatic heterocycles. The molecule has 1 aromatic carbocycles. The molecule has 67 heavy (non-hydrogen) atoms. The number of nitrogens with zero attached hydrogens (tertiary/aromatic N) is 8. The van der Waals surface area contributed by atoms with Gasteiger partial charge in [-0.15, -0.1) is 0 Å². The molecule has 0 radical (unpaired) electrons. The number of carboxylic acid groups (broad SMARTS) is 2. The third kappa shape index (κ3) is 12.6. The van der Waals surface area contributed by atoms with E-state index in [0.717, 1.165) is 102 Å². The van der Waals surface area contributed by atoms with E-state index in [4.69, 9.17) is 20.9 Å². The summed E-state index contributed by atoms with van der Waals surface area (Å²) in [6.45, 7) is 7.98. The van der Waals surface area contributed by atoms with Crippen LogP contribution in [0.25, 0.3) is 0 Å². The lowest BCUT2D eigenvalue weighted by Gasteiger charge is -2.38. The predicted molar refractivity (Wildman–Crippen MR) is 246 cm³/mol. The number of anilines is 4. The highest BCUT2D eigenvalue weighted by molar-refractivity contribution is 6.03. The molecule has 7 N–H and O–H groups in total. The van der Waals surface area contributed by atoms with Crippen LogP contribution in [0.5, 0.6) is 0 Å². The molecule has 3 aromatic rings. The second kappa shape index (κ2) is 21.9. The van der Waals surface area contributed by atoms with Gasteiger partial charge >= 0.3 is 18.0 Å². The first-order chi connectivity index (χ1) is 32.2. The van der Waals surface area contributed by atoms with Crippen LogP contribution in [-0.4, -0.2) is 159 Å². The number of carbonyl (C=O) groups excluding carboxylic acids is 5. The number of primary amides is 1. The Labute approximate surface area is 387 Å². The van der Waals surface area contributed by atoms with Gasteiger partial charge in [0.1, 0.15) is 17.6 Å². The molecule has 8 rings (SSSR count). The van der Waals surface area contributed by atoms with Gasteiger partial charge in [-0.3, -0.25) is 24.5 Å². The standard InChI is InChI=1S/C42H54N12O5.C4H4O4/c1-50-21-22-54(42(50)59)32-3-2-16-53(26-32)35-24-45-37(38(43)56)39(48-35)46-30-6-4-28(5-7-30)29-14-17-51(18-15-29)25-27-12-19-52(20-13-27)31-8-9-33(44-23-31)40(57)47-34-10-11-36(55)49-41(34)58;5-3(6)1-2-4(7)8/h4-9,23-24,27,29,32,34H,2-3,10-22,25-26H2,1H3,(H2,43,56)(H,46,48)(H,47,57)(H,49,55,58);1-2H,(H,5,6)(H,7,8)/b;2-1+/t32-,34+;/m1./s1. The van der Waals surface area contributed by atoms with Gasteiger partial charge in [-0.1, -0.05) is 12.1 Å². The zero-order chi connectivity index (χ0) is 47.6. The molecule has 2 atom stereocenters. The summed E-state index contributed by atoms with van der Waals surface area (Å²) >= 11 is 0. The third-order valence-corrected chi connectivity index (χ3v) is 13.0. The Morgan fingerprint density at radius 2 is 1.54 bits per heavy atom. The van der Waals surface area contributed by atoms with Crippen molar-refractivity contribution in [2.75, 3.05) is 81.1 Å². The molecule has 7 heterocycles. The number of hydrogen-bond acceptors (Lipinski definition) is 14. The van der Waals surface area contributed by atoms with Gasteiger partial charge in [0, 0.05) is 77.1 Å². The first-order valence-electron chi connectivity index (χ1n) is 22.7. The van der Waals surface area contributed by atoms with Gasteiger partial charge in [-0.25, -0.2) is 29.3 Å². The zero-order valence-corrected chi connectivity index (χ0v) is 37.5. The summed E-state index contributed by atoms with van der Waals surface area (Å²) in [5.74, 6) is -2.32. The van der Waals surface area contributed by atoms with E-state index in [0.29, 0.717) is 42.2 Å². The molecule has 0 unspecified atom stereocenters. The summed E-state index contributed by atoms with van der Waals surface area (Å²) < 4.78 is 0. The van der Waals surface area contributed by atoms with E-state index in [1.165, 1.54) is 5.56 Å². The molecule has 356 valence electrons. The highest BCUT2D eigenvalue weighted by Gasteiger charge is 2.35. The number of urea groups is 1. The van der Waals surface area contributed by atoms with E-state index in [9.17, 15) is 33.6 Å². The number of nitrogens with one attached hydrogen (secondary N) is 3. The van der Waals surface area contributed by atoms with Crippen LogP contribution in [0.4, 0.5) is 27.8 Å². The molecule has 5 aliphatic heterocycles. The van der Waals surface area contributed by atoms with Crippen LogP contribution in [0.3, 0.4) is 0 Å². The van der Waals surface area contributed by atoms with E-state index >= 15 is 0 Å². The van der Waals surface area contributed by atoms with Gasteiger partial charge in [0.25, 0.3) is 11.8 Å². The van der Waals surface area contributed by atoms with Crippen LogP contribution < -0.4 is 31.5 Å². The fourth-order valence-electron chi connectivity index (χ4n) is 9.30. The lowest BCUT2D eigenvalue weighted by molar-refractivity contribution is -0.135. The second-order valence-corrected chi connectivity index (χ2v) is 17.6. The van der Waals surface area contributed by atoms with Crippen molar-refractivity contribution >= 4 is 64.6 Å². The number of carbonyl (C=O) groups is 7. The molecule has 21 nitrogen and oxygen atoms in total. The zero-order valence-electron chi connectivity index (χ0n) is 37.5. The number of aliphatic carboxylic acids is 2. The smallest absolute Gasteiger partial charge is 0.328 e. The summed E-state index contributed by atoms with van der Waals surface area (Å²) in [5, 5.41) is 23.9. The molecule has 5 saturated heterocycles. The Kier molecular flexibility index (Phi) is 15.6. The van der Waals surface area contributed by atoms with Crippen molar-refractivity contribution in [1.82, 2.24) is 40.3 Å². The van der Waals surface area contributed by atoms with Gasteiger partial charge in [0.05, 0.1) is 24.1 Å². The average molecular weight is 923 g/mol. The summed E-state index contributed by atoms with van der Waals surface area (Å²) in [6.07, 6.45) is 11.2. The Hall–Kier alpha value is -7.16. The highest BCUT2D eigenvalue weighted by Crippen LogP contribution is 2.32. The molecular formula is C46H58N12O9.